The highest BCUT2D eigenvalue weighted by atomic mass is 32.2. The third-order valence-electron chi connectivity index (χ3n) is 1.80. The lowest BCUT2D eigenvalue weighted by atomic mass is 10.5. The van der Waals surface area contributed by atoms with Crippen LogP contribution in [0.1, 0.15) is 13.8 Å². The van der Waals surface area contributed by atoms with Gasteiger partial charge in [-0.3, -0.25) is 9.59 Å². The van der Waals surface area contributed by atoms with Crippen molar-refractivity contribution in [3.05, 3.63) is 47.9 Å². The molecule has 0 unspecified atom stereocenters. The molecule has 0 aliphatic carbocycles. The van der Waals surface area contributed by atoms with Crippen LogP contribution in [0.3, 0.4) is 0 Å². The highest BCUT2D eigenvalue weighted by Gasteiger charge is 1.91. The molecule has 0 aliphatic rings. The summed E-state index contributed by atoms with van der Waals surface area (Å²) in [5, 5.41) is 8.48. The monoisotopic (exact) mass is 380 g/mol. The van der Waals surface area contributed by atoms with Crippen LogP contribution in [0.4, 0.5) is 0 Å². The van der Waals surface area contributed by atoms with E-state index in [1.165, 1.54) is 13.8 Å². The largest absolute Gasteiger partial charge is 0.355 e. The van der Waals surface area contributed by atoms with Gasteiger partial charge in [0.25, 0.3) is 0 Å². The Labute approximate surface area is 143 Å². The van der Waals surface area contributed by atoms with Crippen LogP contribution in [-0.2, 0) is 29.3 Å². The minimum absolute atomic E-state index is 0.0784. The zero-order valence-corrected chi connectivity index (χ0v) is 15.5. The van der Waals surface area contributed by atoms with Gasteiger partial charge in [-0.1, -0.05) is 26.3 Å². The summed E-state index contributed by atoms with van der Waals surface area (Å²) in [5.41, 5.74) is 0. The Hall–Kier alpha value is -2.20. The Morgan fingerprint density at radius 1 is 0.708 bits per heavy atom. The highest BCUT2D eigenvalue weighted by molar-refractivity contribution is 7.97. The molecule has 2 amide bonds. The molecule has 0 aromatic heterocycles. The topological polar surface area (TPSA) is 126 Å². The van der Waals surface area contributed by atoms with E-state index in [0.717, 1.165) is 21.6 Å². The van der Waals surface area contributed by atoms with Crippen molar-refractivity contribution in [2.24, 2.45) is 0 Å². The van der Waals surface area contributed by atoms with E-state index in [2.05, 4.69) is 36.9 Å². The number of hydrogen-bond acceptors (Lipinski definition) is 6. The van der Waals surface area contributed by atoms with Crippen molar-refractivity contribution in [2.75, 3.05) is 13.1 Å². The molecule has 2 N–H and O–H groups in total. The first-order valence-electron chi connectivity index (χ1n) is 6.36. The van der Waals surface area contributed by atoms with Crippen LogP contribution < -0.4 is 10.6 Å². The van der Waals surface area contributed by atoms with Crippen molar-refractivity contribution in [2.45, 2.75) is 13.8 Å². The SMILES string of the molecule is C=CS(=O)(=O)C=C.C=CS(=O)(=O)C=C.CC(=O)NCCNC(C)=O. The first-order valence-corrected chi connectivity index (χ1v) is 9.58. The second kappa shape index (κ2) is 14.4. The molecule has 0 saturated heterocycles. The van der Waals surface area contributed by atoms with E-state index in [1.54, 1.807) is 0 Å². The fourth-order valence-corrected chi connectivity index (χ4v) is 0.885. The lowest BCUT2D eigenvalue weighted by molar-refractivity contribution is -0.120. The molecular formula is C14H24N2O6S2. The molecule has 0 spiro atoms. The van der Waals surface area contributed by atoms with Gasteiger partial charge in [0.15, 0.2) is 19.7 Å². The molecule has 0 heterocycles. The molecule has 0 fully saturated rings. The lowest BCUT2D eigenvalue weighted by Crippen LogP contribution is -2.32. The number of carbonyl (C=O) groups is 2. The zero-order chi connectivity index (χ0) is 19.8. The molecule has 10 heteroatoms. The third-order valence-corrected chi connectivity index (χ3v) is 3.66. The Balaban J connectivity index is -0.000000283. The molecule has 0 atom stereocenters. The fraction of sp³-hybridized carbons (Fsp3) is 0.286. The van der Waals surface area contributed by atoms with E-state index >= 15 is 0 Å². The third kappa shape index (κ3) is 24.8. The van der Waals surface area contributed by atoms with E-state index in [9.17, 15) is 26.4 Å². The predicted molar refractivity (Wildman–Crippen MR) is 96.0 cm³/mol. The van der Waals surface area contributed by atoms with Crippen LogP contribution in [0.5, 0.6) is 0 Å². The number of carbonyl (C=O) groups excluding carboxylic acids is 2. The summed E-state index contributed by atoms with van der Waals surface area (Å²) in [7, 11) is -6.26. The molecule has 0 bridgehead atoms. The van der Waals surface area contributed by atoms with E-state index < -0.39 is 19.7 Å². The van der Waals surface area contributed by atoms with Crippen LogP contribution in [0.15, 0.2) is 47.9 Å². The Bertz CT molecular complexity index is 563. The number of sulfone groups is 2. The van der Waals surface area contributed by atoms with Crippen LogP contribution in [0.2, 0.25) is 0 Å². The maximum absolute atomic E-state index is 10.3. The van der Waals surface area contributed by atoms with E-state index in [-0.39, 0.29) is 11.8 Å². The predicted octanol–water partition coefficient (Wildman–Crippen LogP) is 0.635. The van der Waals surface area contributed by atoms with Gasteiger partial charge in [0.05, 0.1) is 0 Å². The molecule has 0 aromatic rings. The van der Waals surface area contributed by atoms with Crippen molar-refractivity contribution in [3.63, 3.8) is 0 Å². The second-order valence-corrected chi connectivity index (χ2v) is 7.50. The summed E-state index contributed by atoms with van der Waals surface area (Å²) in [6.07, 6.45) is 0. The van der Waals surface area contributed by atoms with Gasteiger partial charge in [-0.25, -0.2) is 16.8 Å². The van der Waals surface area contributed by atoms with Crippen molar-refractivity contribution in [3.8, 4) is 0 Å². The van der Waals surface area contributed by atoms with Gasteiger partial charge < -0.3 is 10.6 Å². The molecule has 0 aliphatic heterocycles. The van der Waals surface area contributed by atoms with Crippen LogP contribution in [0.25, 0.3) is 0 Å². The van der Waals surface area contributed by atoms with Gasteiger partial charge in [-0.15, -0.1) is 0 Å². The lowest BCUT2D eigenvalue weighted by Gasteiger charge is -2.01. The van der Waals surface area contributed by atoms with Gasteiger partial charge in [0, 0.05) is 48.6 Å². The quantitative estimate of drug-likeness (QED) is 0.624. The first-order chi connectivity index (χ1) is 10.9. The van der Waals surface area contributed by atoms with Crippen molar-refractivity contribution in [1.82, 2.24) is 10.6 Å². The molecule has 0 rings (SSSR count). The number of nitrogens with one attached hydrogen (secondary N) is 2. The van der Waals surface area contributed by atoms with Crippen LogP contribution in [-0.4, -0.2) is 41.7 Å². The molecule has 0 radical (unpaired) electrons. The van der Waals surface area contributed by atoms with Gasteiger partial charge in [-0.2, -0.15) is 0 Å². The number of rotatable bonds is 7. The average molecular weight is 380 g/mol. The smallest absolute Gasteiger partial charge is 0.216 e. The van der Waals surface area contributed by atoms with Crippen LogP contribution >= 0.6 is 0 Å². The molecule has 24 heavy (non-hydrogen) atoms. The summed E-state index contributed by atoms with van der Waals surface area (Å²) < 4.78 is 40.5. The average Bonchev–Trinajstić information content (AvgIpc) is 2.52. The maximum atomic E-state index is 10.3. The van der Waals surface area contributed by atoms with Gasteiger partial charge in [0.1, 0.15) is 0 Å². The summed E-state index contributed by atoms with van der Waals surface area (Å²) in [4.78, 5) is 20.5. The zero-order valence-electron chi connectivity index (χ0n) is 13.8. The minimum Gasteiger partial charge on any atom is -0.355 e. The summed E-state index contributed by atoms with van der Waals surface area (Å²) >= 11 is 0. The summed E-state index contributed by atoms with van der Waals surface area (Å²) in [5.74, 6) is -0.157. The molecule has 0 saturated carbocycles. The fourth-order valence-electron chi connectivity index (χ4n) is 0.613. The first kappa shape index (κ1) is 26.7. The van der Waals surface area contributed by atoms with E-state index in [0.29, 0.717) is 13.1 Å². The summed E-state index contributed by atoms with van der Waals surface area (Å²) in [6.45, 7) is 16.0. The van der Waals surface area contributed by atoms with Gasteiger partial charge >= 0.3 is 0 Å². The normalized spacial score (nSPS) is 9.58. The van der Waals surface area contributed by atoms with Crippen molar-refractivity contribution >= 4 is 31.5 Å². The maximum Gasteiger partial charge on any atom is 0.216 e. The van der Waals surface area contributed by atoms with Crippen molar-refractivity contribution in [1.29, 1.82) is 0 Å². The Morgan fingerprint density at radius 2 is 0.917 bits per heavy atom. The second-order valence-electron chi connectivity index (χ2n) is 3.81. The highest BCUT2D eigenvalue weighted by Crippen LogP contribution is 1.87. The van der Waals surface area contributed by atoms with Gasteiger partial charge in [-0.05, 0) is 0 Å². The molecular weight excluding hydrogens is 356 g/mol. The molecule has 0 aromatic carbocycles. The Kier molecular flexibility index (Phi) is 16.0. The standard InChI is InChI=1S/C6H12N2O2.2C4H6O2S/c1-5(9)7-3-4-8-6(2)10;2*1-3-7(5,6)4-2/h3-4H2,1-2H3,(H,7,9)(H,8,10);2*3-4H,1-2H2. The number of amides is 2. The van der Waals surface area contributed by atoms with Crippen molar-refractivity contribution < 1.29 is 26.4 Å². The Morgan fingerprint density at radius 3 is 1.00 bits per heavy atom. The number of hydrogen-bond donors (Lipinski definition) is 2. The molecule has 8 nitrogen and oxygen atoms in total. The minimum atomic E-state index is -3.13. The van der Waals surface area contributed by atoms with E-state index in [1.807, 2.05) is 0 Å². The van der Waals surface area contributed by atoms with Gasteiger partial charge in [0.2, 0.25) is 11.8 Å². The summed E-state index contributed by atoms with van der Waals surface area (Å²) in [6, 6.07) is 0. The van der Waals surface area contributed by atoms with Crippen LogP contribution in [0, 0.1) is 0 Å². The van der Waals surface area contributed by atoms with E-state index in [4.69, 9.17) is 0 Å². The molecule has 138 valence electrons.